The number of hydrogen-bond acceptors (Lipinski definition) is 3. The van der Waals surface area contributed by atoms with Crippen molar-refractivity contribution in [2.24, 2.45) is 16.3 Å². The Morgan fingerprint density at radius 1 is 1.38 bits per heavy atom. The molecule has 2 aliphatic rings. The molecule has 1 saturated carbocycles. The summed E-state index contributed by atoms with van der Waals surface area (Å²) in [6.45, 7) is 3.56. The van der Waals surface area contributed by atoms with E-state index in [-0.39, 0.29) is 36.0 Å². The lowest BCUT2D eigenvalue weighted by Crippen LogP contribution is -2.44. The van der Waals surface area contributed by atoms with Crippen LogP contribution in [0.25, 0.3) is 0 Å². The minimum Gasteiger partial charge on any atom is -0.396 e. The van der Waals surface area contributed by atoms with Crippen molar-refractivity contribution in [3.63, 3.8) is 0 Å². The summed E-state index contributed by atoms with van der Waals surface area (Å²) < 4.78 is 5.50. The molecule has 3 N–H and O–H groups in total. The van der Waals surface area contributed by atoms with Crippen molar-refractivity contribution in [1.82, 2.24) is 10.6 Å². The van der Waals surface area contributed by atoms with Crippen LogP contribution in [0.15, 0.2) is 4.99 Å². The predicted octanol–water partition coefficient (Wildman–Crippen LogP) is 1.75. The first-order chi connectivity index (χ1) is 9.78. The second-order valence-corrected chi connectivity index (χ2v) is 6.21. The van der Waals surface area contributed by atoms with Crippen molar-refractivity contribution < 1.29 is 9.84 Å². The number of aliphatic hydroxyl groups excluding tert-OH is 1. The van der Waals surface area contributed by atoms with E-state index in [1.807, 2.05) is 0 Å². The standard InChI is InChI=1S/C15H29N3O2.HI/c1-16-14(17-8-2-3-13-4-5-13)18-11-15(6-9-19)7-10-20-12-15;/h13,19H,2-12H2,1H3,(H2,16,17,18);1H. The van der Waals surface area contributed by atoms with Gasteiger partial charge in [0.15, 0.2) is 5.96 Å². The van der Waals surface area contributed by atoms with Gasteiger partial charge in [-0.1, -0.05) is 12.8 Å². The zero-order valence-corrected chi connectivity index (χ0v) is 15.4. The van der Waals surface area contributed by atoms with Crippen LogP contribution in [0, 0.1) is 11.3 Å². The number of nitrogens with zero attached hydrogens (tertiary/aromatic N) is 1. The molecular formula is C15H30IN3O2. The summed E-state index contributed by atoms with van der Waals surface area (Å²) in [5.41, 5.74) is 0.0698. The van der Waals surface area contributed by atoms with Gasteiger partial charge in [0, 0.05) is 38.8 Å². The largest absolute Gasteiger partial charge is 0.396 e. The Hall–Kier alpha value is -0.0800. The Bertz CT molecular complexity index is 316. The second-order valence-electron chi connectivity index (χ2n) is 6.21. The van der Waals surface area contributed by atoms with Crippen LogP contribution in [0.4, 0.5) is 0 Å². The third kappa shape index (κ3) is 6.69. The number of nitrogens with one attached hydrogen (secondary N) is 2. The van der Waals surface area contributed by atoms with Gasteiger partial charge in [-0.05, 0) is 31.6 Å². The first kappa shape index (κ1) is 19.0. The quantitative estimate of drug-likeness (QED) is 0.247. The molecule has 0 aromatic rings. The minimum atomic E-state index is 0. The molecule has 1 saturated heterocycles. The predicted molar refractivity (Wildman–Crippen MR) is 96.3 cm³/mol. The Labute approximate surface area is 145 Å². The molecule has 0 radical (unpaired) electrons. The molecule has 1 aliphatic heterocycles. The Morgan fingerprint density at radius 2 is 2.19 bits per heavy atom. The van der Waals surface area contributed by atoms with Gasteiger partial charge in [0.2, 0.25) is 0 Å². The van der Waals surface area contributed by atoms with Gasteiger partial charge in [-0.25, -0.2) is 0 Å². The highest BCUT2D eigenvalue weighted by atomic mass is 127. The van der Waals surface area contributed by atoms with Crippen LogP contribution in [0.2, 0.25) is 0 Å². The Kier molecular flexibility index (Phi) is 8.89. The van der Waals surface area contributed by atoms with Crippen LogP contribution >= 0.6 is 24.0 Å². The second kappa shape index (κ2) is 9.84. The number of aliphatic hydroxyl groups is 1. The van der Waals surface area contributed by atoms with Gasteiger partial charge in [0.25, 0.3) is 0 Å². The fourth-order valence-electron chi connectivity index (χ4n) is 2.81. The number of ether oxygens (including phenoxy) is 1. The van der Waals surface area contributed by atoms with E-state index >= 15 is 0 Å². The van der Waals surface area contributed by atoms with E-state index in [1.54, 1.807) is 7.05 Å². The lowest BCUT2D eigenvalue weighted by Gasteiger charge is -2.27. The van der Waals surface area contributed by atoms with E-state index in [2.05, 4.69) is 15.6 Å². The Morgan fingerprint density at radius 3 is 2.76 bits per heavy atom. The van der Waals surface area contributed by atoms with Crippen molar-refractivity contribution in [2.75, 3.05) is 40.0 Å². The van der Waals surface area contributed by atoms with E-state index in [9.17, 15) is 5.11 Å². The molecule has 0 spiro atoms. The van der Waals surface area contributed by atoms with Gasteiger partial charge in [0.05, 0.1) is 6.61 Å². The van der Waals surface area contributed by atoms with Crippen LogP contribution < -0.4 is 10.6 Å². The SMILES string of the molecule is CN=C(NCCCC1CC1)NCC1(CCO)CCOC1.I. The van der Waals surface area contributed by atoms with Crippen molar-refractivity contribution >= 4 is 29.9 Å². The van der Waals surface area contributed by atoms with Crippen molar-refractivity contribution in [3.05, 3.63) is 0 Å². The molecule has 1 atom stereocenters. The molecule has 124 valence electrons. The third-order valence-corrected chi connectivity index (χ3v) is 4.46. The molecule has 5 nitrogen and oxygen atoms in total. The van der Waals surface area contributed by atoms with E-state index in [1.165, 1.54) is 25.7 Å². The average molecular weight is 411 g/mol. The maximum Gasteiger partial charge on any atom is 0.190 e. The average Bonchev–Trinajstić information content (AvgIpc) is 3.17. The first-order valence-electron chi connectivity index (χ1n) is 7.91. The summed E-state index contributed by atoms with van der Waals surface area (Å²) in [6, 6.07) is 0. The number of aliphatic imine (C=N–C) groups is 1. The van der Waals surface area contributed by atoms with Gasteiger partial charge in [-0.3, -0.25) is 4.99 Å². The molecule has 0 bridgehead atoms. The summed E-state index contributed by atoms with van der Waals surface area (Å²) in [6.07, 6.45) is 7.22. The summed E-state index contributed by atoms with van der Waals surface area (Å²) in [5.74, 6) is 1.86. The zero-order valence-electron chi connectivity index (χ0n) is 13.1. The number of hydrogen-bond donors (Lipinski definition) is 3. The highest BCUT2D eigenvalue weighted by molar-refractivity contribution is 14.0. The molecule has 2 fully saturated rings. The van der Waals surface area contributed by atoms with Crippen molar-refractivity contribution in [2.45, 2.75) is 38.5 Å². The van der Waals surface area contributed by atoms with Gasteiger partial charge in [0.1, 0.15) is 0 Å². The number of guanidine groups is 1. The minimum absolute atomic E-state index is 0. The molecule has 1 unspecified atom stereocenters. The van der Waals surface area contributed by atoms with Gasteiger partial charge >= 0.3 is 0 Å². The summed E-state index contributed by atoms with van der Waals surface area (Å²) in [7, 11) is 1.81. The highest BCUT2D eigenvalue weighted by Crippen LogP contribution is 2.33. The van der Waals surface area contributed by atoms with Crippen molar-refractivity contribution in [3.8, 4) is 0 Å². The first-order valence-corrected chi connectivity index (χ1v) is 7.91. The summed E-state index contributed by atoms with van der Waals surface area (Å²) >= 11 is 0. The van der Waals surface area contributed by atoms with Gasteiger partial charge < -0.3 is 20.5 Å². The van der Waals surface area contributed by atoms with Gasteiger partial charge in [-0.15, -0.1) is 24.0 Å². The smallest absolute Gasteiger partial charge is 0.190 e. The molecule has 21 heavy (non-hydrogen) atoms. The maximum atomic E-state index is 9.22. The van der Waals surface area contributed by atoms with E-state index in [0.717, 1.165) is 51.0 Å². The molecular weight excluding hydrogens is 381 g/mol. The van der Waals surface area contributed by atoms with Gasteiger partial charge in [-0.2, -0.15) is 0 Å². The molecule has 2 rings (SSSR count). The fourth-order valence-corrected chi connectivity index (χ4v) is 2.81. The summed E-state index contributed by atoms with van der Waals surface area (Å²) in [5, 5.41) is 16.0. The van der Waals surface area contributed by atoms with Crippen molar-refractivity contribution in [1.29, 1.82) is 0 Å². The van der Waals surface area contributed by atoms with Crippen LogP contribution in [0.1, 0.15) is 38.5 Å². The monoisotopic (exact) mass is 411 g/mol. The molecule has 0 aromatic carbocycles. The van der Waals surface area contributed by atoms with Crippen LogP contribution in [-0.4, -0.2) is 51.0 Å². The molecule has 1 aliphatic carbocycles. The van der Waals surface area contributed by atoms with Crippen LogP contribution in [0.5, 0.6) is 0 Å². The summed E-state index contributed by atoms with van der Waals surface area (Å²) in [4.78, 5) is 4.26. The van der Waals surface area contributed by atoms with Crippen LogP contribution in [-0.2, 0) is 4.74 Å². The highest BCUT2D eigenvalue weighted by Gasteiger charge is 2.34. The lowest BCUT2D eigenvalue weighted by molar-refractivity contribution is 0.127. The number of rotatable bonds is 8. The lowest BCUT2D eigenvalue weighted by atomic mass is 9.84. The maximum absolute atomic E-state index is 9.22. The molecule has 0 amide bonds. The molecule has 1 heterocycles. The topological polar surface area (TPSA) is 65.9 Å². The normalized spacial score (nSPS) is 25.5. The zero-order chi connectivity index (χ0) is 14.3. The fraction of sp³-hybridized carbons (Fsp3) is 0.933. The van der Waals surface area contributed by atoms with E-state index in [4.69, 9.17) is 4.74 Å². The third-order valence-electron chi connectivity index (χ3n) is 4.46. The molecule has 0 aromatic heterocycles. The molecule has 6 heteroatoms. The Balaban J connectivity index is 0.00000220. The number of halogens is 1. The van der Waals surface area contributed by atoms with Crippen LogP contribution in [0.3, 0.4) is 0 Å². The van der Waals surface area contributed by atoms with E-state index < -0.39 is 0 Å². The van der Waals surface area contributed by atoms with E-state index in [0.29, 0.717) is 0 Å².